The third-order valence-corrected chi connectivity index (χ3v) is 6.11. The fourth-order valence-electron chi connectivity index (χ4n) is 3.98. The lowest BCUT2D eigenvalue weighted by Crippen LogP contribution is -2.53. The lowest BCUT2D eigenvalue weighted by atomic mass is 9.92. The summed E-state index contributed by atoms with van der Waals surface area (Å²) in [5, 5.41) is 15.5. The summed E-state index contributed by atoms with van der Waals surface area (Å²) >= 11 is 0. The van der Waals surface area contributed by atoms with Crippen LogP contribution in [-0.2, 0) is 23.1 Å². The fraction of sp³-hybridized carbons (Fsp3) is 0.864. The van der Waals surface area contributed by atoms with E-state index in [1.165, 1.54) is 12.8 Å². The van der Waals surface area contributed by atoms with Gasteiger partial charge in [0.2, 0.25) is 0 Å². The SMILES string of the molecule is CCOCCCNC(=NCc1nnc(C)n1C)NCC(C(CC)CC)N1CCOCC1. The Bertz CT molecular complexity index is 640. The summed E-state index contributed by atoms with van der Waals surface area (Å²) in [6, 6.07) is 0.464. The first kappa shape index (κ1) is 25.5. The minimum absolute atomic E-state index is 0.464. The van der Waals surface area contributed by atoms with Crippen LogP contribution in [0.2, 0.25) is 0 Å². The monoisotopic (exact) mass is 437 g/mol. The second-order valence-electron chi connectivity index (χ2n) is 8.04. The van der Waals surface area contributed by atoms with Crippen molar-refractivity contribution < 1.29 is 9.47 Å². The van der Waals surface area contributed by atoms with E-state index >= 15 is 0 Å². The van der Waals surface area contributed by atoms with Crippen molar-refractivity contribution in [1.29, 1.82) is 0 Å². The highest BCUT2D eigenvalue weighted by atomic mass is 16.5. The number of aryl methyl sites for hydroxylation is 1. The van der Waals surface area contributed by atoms with Crippen molar-refractivity contribution in [2.45, 2.75) is 59.5 Å². The number of hydrogen-bond donors (Lipinski definition) is 2. The van der Waals surface area contributed by atoms with Crippen molar-refractivity contribution in [3.8, 4) is 0 Å². The Hall–Kier alpha value is -1.71. The standard InChI is InChI=1S/C22H43N7O2/c1-6-19(7-2)20(29-11-14-31-15-12-29)16-24-22(23-10-9-13-30-8-3)25-17-21-27-26-18(4)28(21)5/h19-20H,6-17H2,1-5H3,(H2,23,24,25). The largest absolute Gasteiger partial charge is 0.382 e. The molecule has 0 aromatic carbocycles. The molecule has 9 nitrogen and oxygen atoms in total. The van der Waals surface area contributed by atoms with Crippen LogP contribution in [0, 0.1) is 12.8 Å². The number of rotatable bonds is 13. The molecule has 1 fully saturated rings. The molecule has 0 aliphatic carbocycles. The van der Waals surface area contributed by atoms with Crippen molar-refractivity contribution >= 4 is 5.96 Å². The van der Waals surface area contributed by atoms with Gasteiger partial charge in [-0.1, -0.05) is 26.7 Å². The number of hydrogen-bond acceptors (Lipinski definition) is 6. The zero-order chi connectivity index (χ0) is 22.5. The number of nitrogens with zero attached hydrogens (tertiary/aromatic N) is 5. The van der Waals surface area contributed by atoms with Crippen LogP contribution in [0.25, 0.3) is 0 Å². The first-order valence-electron chi connectivity index (χ1n) is 11.9. The van der Waals surface area contributed by atoms with Gasteiger partial charge in [0.25, 0.3) is 0 Å². The molecule has 9 heteroatoms. The number of nitrogens with one attached hydrogen (secondary N) is 2. The number of ether oxygens (including phenoxy) is 2. The third kappa shape index (κ3) is 8.38. The molecule has 0 saturated carbocycles. The van der Waals surface area contributed by atoms with Gasteiger partial charge >= 0.3 is 0 Å². The van der Waals surface area contributed by atoms with Gasteiger partial charge in [0, 0.05) is 52.5 Å². The van der Waals surface area contributed by atoms with E-state index in [1.54, 1.807) is 0 Å². The highest BCUT2D eigenvalue weighted by molar-refractivity contribution is 5.79. The molecule has 0 bridgehead atoms. The molecule has 2 N–H and O–H groups in total. The Morgan fingerprint density at radius 3 is 2.52 bits per heavy atom. The zero-order valence-electron chi connectivity index (χ0n) is 20.2. The highest BCUT2D eigenvalue weighted by Crippen LogP contribution is 2.19. The van der Waals surface area contributed by atoms with Crippen LogP contribution in [0.4, 0.5) is 0 Å². The van der Waals surface area contributed by atoms with Gasteiger partial charge in [-0.2, -0.15) is 0 Å². The van der Waals surface area contributed by atoms with Crippen LogP contribution in [0.15, 0.2) is 4.99 Å². The molecule has 2 rings (SSSR count). The van der Waals surface area contributed by atoms with Gasteiger partial charge < -0.3 is 24.7 Å². The van der Waals surface area contributed by atoms with Crippen molar-refractivity contribution in [2.75, 3.05) is 52.6 Å². The molecule has 1 aromatic heterocycles. The summed E-state index contributed by atoms with van der Waals surface area (Å²) in [4.78, 5) is 7.38. The first-order valence-corrected chi connectivity index (χ1v) is 11.9. The van der Waals surface area contributed by atoms with E-state index in [2.05, 4.69) is 39.6 Å². The molecular formula is C22H43N7O2. The molecule has 2 heterocycles. The van der Waals surface area contributed by atoms with E-state index in [4.69, 9.17) is 14.5 Å². The smallest absolute Gasteiger partial charge is 0.191 e. The molecule has 0 amide bonds. The maximum absolute atomic E-state index is 5.58. The maximum atomic E-state index is 5.58. The molecule has 1 aromatic rings. The molecule has 0 spiro atoms. The predicted molar refractivity (Wildman–Crippen MR) is 124 cm³/mol. The molecule has 178 valence electrons. The van der Waals surface area contributed by atoms with Crippen molar-refractivity contribution in [3.63, 3.8) is 0 Å². The van der Waals surface area contributed by atoms with Gasteiger partial charge in [0.15, 0.2) is 11.8 Å². The Morgan fingerprint density at radius 1 is 1.16 bits per heavy atom. The van der Waals surface area contributed by atoms with Gasteiger partial charge in [0.05, 0.1) is 13.2 Å². The van der Waals surface area contributed by atoms with Gasteiger partial charge in [-0.05, 0) is 26.2 Å². The van der Waals surface area contributed by atoms with Crippen LogP contribution < -0.4 is 10.6 Å². The van der Waals surface area contributed by atoms with Crippen LogP contribution in [-0.4, -0.2) is 84.3 Å². The lowest BCUT2D eigenvalue weighted by molar-refractivity contribution is 0.00272. The fourth-order valence-corrected chi connectivity index (χ4v) is 3.98. The Labute approximate surface area is 188 Å². The van der Waals surface area contributed by atoms with E-state index in [-0.39, 0.29) is 0 Å². The topological polar surface area (TPSA) is 88.8 Å². The van der Waals surface area contributed by atoms with E-state index in [9.17, 15) is 0 Å². The Kier molecular flexibility index (Phi) is 11.8. The normalized spacial score (nSPS) is 16.6. The average Bonchev–Trinajstić information content (AvgIpc) is 3.12. The summed E-state index contributed by atoms with van der Waals surface area (Å²) in [7, 11) is 1.98. The highest BCUT2D eigenvalue weighted by Gasteiger charge is 2.27. The van der Waals surface area contributed by atoms with E-state index < -0.39 is 0 Å². The van der Waals surface area contributed by atoms with Crippen molar-refractivity contribution in [2.24, 2.45) is 18.0 Å². The molecular weight excluding hydrogens is 394 g/mol. The lowest BCUT2D eigenvalue weighted by Gasteiger charge is -2.39. The van der Waals surface area contributed by atoms with Crippen molar-refractivity contribution in [1.82, 2.24) is 30.3 Å². The molecule has 1 aliphatic rings. The average molecular weight is 438 g/mol. The molecule has 1 atom stereocenters. The van der Waals surface area contributed by atoms with Gasteiger partial charge in [-0.3, -0.25) is 4.90 Å². The molecule has 0 radical (unpaired) electrons. The predicted octanol–water partition coefficient (Wildman–Crippen LogP) is 1.72. The van der Waals surface area contributed by atoms with Crippen LogP contribution >= 0.6 is 0 Å². The number of guanidine groups is 1. The van der Waals surface area contributed by atoms with Gasteiger partial charge in [-0.25, -0.2) is 4.99 Å². The molecule has 1 unspecified atom stereocenters. The molecule has 1 saturated heterocycles. The second-order valence-corrected chi connectivity index (χ2v) is 8.04. The molecule has 31 heavy (non-hydrogen) atoms. The first-order chi connectivity index (χ1) is 15.1. The van der Waals surface area contributed by atoms with Gasteiger partial charge in [-0.15, -0.1) is 10.2 Å². The van der Waals surface area contributed by atoms with Crippen LogP contribution in [0.1, 0.15) is 51.7 Å². The van der Waals surface area contributed by atoms with Gasteiger partial charge in [0.1, 0.15) is 12.4 Å². The quantitative estimate of drug-likeness (QED) is 0.276. The summed E-state index contributed by atoms with van der Waals surface area (Å²) in [6.07, 6.45) is 3.29. The Balaban J connectivity index is 2.03. The van der Waals surface area contributed by atoms with Crippen LogP contribution in [0.5, 0.6) is 0 Å². The zero-order valence-corrected chi connectivity index (χ0v) is 20.2. The van der Waals surface area contributed by atoms with E-state index in [1.807, 2.05) is 25.5 Å². The van der Waals surface area contributed by atoms with E-state index in [0.717, 1.165) is 76.6 Å². The minimum Gasteiger partial charge on any atom is -0.382 e. The summed E-state index contributed by atoms with van der Waals surface area (Å²) in [5.41, 5.74) is 0. The molecule has 1 aliphatic heterocycles. The summed E-state index contributed by atoms with van der Waals surface area (Å²) < 4.78 is 13.0. The number of aromatic nitrogens is 3. The number of morpholine rings is 1. The van der Waals surface area contributed by atoms with Crippen LogP contribution in [0.3, 0.4) is 0 Å². The van der Waals surface area contributed by atoms with E-state index in [0.29, 0.717) is 18.5 Å². The minimum atomic E-state index is 0.464. The summed E-state index contributed by atoms with van der Waals surface area (Å²) in [6.45, 7) is 15.9. The number of aliphatic imine (C=N–C) groups is 1. The van der Waals surface area contributed by atoms with Crippen molar-refractivity contribution in [3.05, 3.63) is 11.6 Å². The third-order valence-electron chi connectivity index (χ3n) is 6.11. The second kappa shape index (κ2) is 14.4. The Morgan fingerprint density at radius 2 is 1.90 bits per heavy atom. The summed E-state index contributed by atoms with van der Waals surface area (Å²) in [5.74, 6) is 3.22. The maximum Gasteiger partial charge on any atom is 0.191 e.